The Kier molecular flexibility index (Phi) is 4.70. The lowest BCUT2D eigenvalue weighted by atomic mass is 10.0. The first-order chi connectivity index (χ1) is 7.46. The van der Waals surface area contributed by atoms with Crippen LogP contribution in [0, 0.1) is 0 Å². The Labute approximate surface area is 97.3 Å². The Bertz CT molecular complexity index is 238. The molecule has 1 heterocycles. The van der Waals surface area contributed by atoms with Crippen molar-refractivity contribution in [3.8, 4) is 0 Å². The first kappa shape index (κ1) is 13.4. The molecule has 0 aliphatic carbocycles. The van der Waals surface area contributed by atoms with Crippen molar-refractivity contribution < 1.29 is 9.53 Å². The van der Waals surface area contributed by atoms with Crippen molar-refractivity contribution in [2.45, 2.75) is 32.4 Å². The number of ether oxygens (including phenoxy) is 1. The second-order valence-electron chi connectivity index (χ2n) is 5.03. The highest BCUT2D eigenvalue weighted by molar-refractivity contribution is 5.82. The molecule has 1 fully saturated rings. The maximum Gasteiger partial charge on any atom is 0.239 e. The zero-order chi connectivity index (χ0) is 12.2. The Morgan fingerprint density at radius 1 is 1.56 bits per heavy atom. The van der Waals surface area contributed by atoms with E-state index in [4.69, 9.17) is 10.5 Å². The molecule has 1 amide bonds. The van der Waals surface area contributed by atoms with Crippen molar-refractivity contribution in [1.82, 2.24) is 10.2 Å². The van der Waals surface area contributed by atoms with E-state index in [2.05, 4.69) is 31.0 Å². The second kappa shape index (κ2) is 5.61. The highest BCUT2D eigenvalue weighted by Gasteiger charge is 2.35. The fraction of sp³-hybridized carbons (Fsp3) is 0.909. The maximum atomic E-state index is 11.9. The molecule has 1 unspecified atom stereocenters. The number of hydrogen-bond acceptors (Lipinski definition) is 4. The number of amides is 1. The van der Waals surface area contributed by atoms with E-state index in [1.165, 1.54) is 0 Å². The number of nitrogens with zero attached hydrogens (tertiary/aromatic N) is 1. The molecule has 16 heavy (non-hydrogen) atoms. The SMILES string of the molecule is CC(C)(C)N1CCOCC1C(=O)NCCN. The predicted octanol–water partition coefficient (Wildman–Crippen LogP) is -0.439. The lowest BCUT2D eigenvalue weighted by Crippen LogP contribution is -2.60. The summed E-state index contributed by atoms with van der Waals surface area (Å²) in [7, 11) is 0. The van der Waals surface area contributed by atoms with Crippen molar-refractivity contribution in [3.05, 3.63) is 0 Å². The summed E-state index contributed by atoms with van der Waals surface area (Å²) in [6, 6.07) is -0.194. The van der Waals surface area contributed by atoms with Gasteiger partial charge in [-0.2, -0.15) is 0 Å². The Hall–Kier alpha value is -0.650. The summed E-state index contributed by atoms with van der Waals surface area (Å²) in [6.45, 7) is 9.28. The summed E-state index contributed by atoms with van der Waals surface area (Å²) in [5.41, 5.74) is 5.35. The van der Waals surface area contributed by atoms with E-state index in [0.717, 1.165) is 6.54 Å². The Morgan fingerprint density at radius 3 is 2.81 bits per heavy atom. The third kappa shape index (κ3) is 3.43. The molecule has 0 radical (unpaired) electrons. The van der Waals surface area contributed by atoms with Gasteiger partial charge in [0.15, 0.2) is 0 Å². The Balaban J connectivity index is 2.63. The van der Waals surface area contributed by atoms with Gasteiger partial charge in [-0.05, 0) is 20.8 Å². The van der Waals surface area contributed by atoms with Crippen LogP contribution in [0.3, 0.4) is 0 Å². The lowest BCUT2D eigenvalue weighted by Gasteiger charge is -2.43. The van der Waals surface area contributed by atoms with E-state index in [9.17, 15) is 4.79 Å². The minimum atomic E-state index is -0.194. The van der Waals surface area contributed by atoms with Crippen molar-refractivity contribution in [2.75, 3.05) is 32.8 Å². The molecule has 5 nitrogen and oxygen atoms in total. The molecule has 1 atom stereocenters. The topological polar surface area (TPSA) is 67.6 Å². The molecule has 1 saturated heterocycles. The summed E-state index contributed by atoms with van der Waals surface area (Å²) >= 11 is 0. The molecule has 1 rings (SSSR count). The Morgan fingerprint density at radius 2 is 2.25 bits per heavy atom. The molecular weight excluding hydrogens is 206 g/mol. The predicted molar refractivity (Wildman–Crippen MR) is 63.1 cm³/mol. The molecule has 3 N–H and O–H groups in total. The van der Waals surface area contributed by atoms with Crippen molar-refractivity contribution in [2.24, 2.45) is 5.73 Å². The number of carbonyl (C=O) groups excluding carboxylic acids is 1. The molecule has 5 heteroatoms. The maximum absolute atomic E-state index is 11.9. The van der Waals surface area contributed by atoms with Gasteiger partial charge in [-0.15, -0.1) is 0 Å². The van der Waals surface area contributed by atoms with Gasteiger partial charge in [0.2, 0.25) is 5.91 Å². The summed E-state index contributed by atoms with van der Waals surface area (Å²) in [5.74, 6) is 0.0140. The largest absolute Gasteiger partial charge is 0.378 e. The van der Waals surface area contributed by atoms with Crippen LogP contribution in [0.4, 0.5) is 0 Å². The van der Waals surface area contributed by atoms with Gasteiger partial charge in [0, 0.05) is 25.2 Å². The van der Waals surface area contributed by atoms with Gasteiger partial charge >= 0.3 is 0 Å². The van der Waals surface area contributed by atoms with Gasteiger partial charge in [-0.1, -0.05) is 0 Å². The van der Waals surface area contributed by atoms with E-state index in [-0.39, 0.29) is 17.5 Å². The molecule has 0 saturated carbocycles. The number of nitrogens with one attached hydrogen (secondary N) is 1. The molecule has 94 valence electrons. The van der Waals surface area contributed by atoms with Crippen LogP contribution in [0.25, 0.3) is 0 Å². The summed E-state index contributed by atoms with van der Waals surface area (Å²) in [5, 5.41) is 2.82. The standard InChI is InChI=1S/C11H23N3O2/c1-11(2,3)14-6-7-16-8-9(14)10(15)13-5-4-12/h9H,4-8,12H2,1-3H3,(H,13,15). The van der Waals surface area contributed by atoms with Gasteiger partial charge in [-0.25, -0.2) is 0 Å². The molecule has 0 bridgehead atoms. The van der Waals surface area contributed by atoms with Crippen LogP contribution in [-0.4, -0.2) is 55.2 Å². The van der Waals surface area contributed by atoms with Gasteiger partial charge in [0.1, 0.15) is 6.04 Å². The molecular formula is C11H23N3O2. The van der Waals surface area contributed by atoms with Gasteiger partial charge in [-0.3, -0.25) is 9.69 Å². The monoisotopic (exact) mass is 229 g/mol. The van der Waals surface area contributed by atoms with Crippen LogP contribution in [0.5, 0.6) is 0 Å². The van der Waals surface area contributed by atoms with Gasteiger partial charge in [0.05, 0.1) is 13.2 Å². The average molecular weight is 229 g/mol. The minimum absolute atomic E-state index is 0.0140. The van der Waals surface area contributed by atoms with E-state index in [1.54, 1.807) is 0 Å². The van der Waals surface area contributed by atoms with Crippen LogP contribution in [0.1, 0.15) is 20.8 Å². The zero-order valence-electron chi connectivity index (χ0n) is 10.5. The molecule has 0 aromatic heterocycles. The van der Waals surface area contributed by atoms with Gasteiger partial charge in [0.25, 0.3) is 0 Å². The van der Waals surface area contributed by atoms with Crippen LogP contribution in [0.2, 0.25) is 0 Å². The van der Waals surface area contributed by atoms with E-state index >= 15 is 0 Å². The van der Waals surface area contributed by atoms with Gasteiger partial charge < -0.3 is 15.8 Å². The van der Waals surface area contributed by atoms with E-state index < -0.39 is 0 Å². The molecule has 1 aliphatic rings. The average Bonchev–Trinajstić information content (AvgIpc) is 2.24. The summed E-state index contributed by atoms with van der Waals surface area (Å²) < 4.78 is 5.37. The third-order valence-corrected chi connectivity index (χ3v) is 2.74. The number of carbonyl (C=O) groups is 1. The van der Waals surface area contributed by atoms with E-state index in [0.29, 0.717) is 26.3 Å². The van der Waals surface area contributed by atoms with Crippen LogP contribution >= 0.6 is 0 Å². The molecule has 1 aliphatic heterocycles. The first-order valence-corrected chi connectivity index (χ1v) is 5.79. The van der Waals surface area contributed by atoms with Crippen molar-refractivity contribution in [1.29, 1.82) is 0 Å². The number of rotatable bonds is 3. The summed E-state index contributed by atoms with van der Waals surface area (Å²) in [6.07, 6.45) is 0. The summed E-state index contributed by atoms with van der Waals surface area (Å²) in [4.78, 5) is 14.1. The van der Waals surface area contributed by atoms with Crippen LogP contribution in [0.15, 0.2) is 0 Å². The van der Waals surface area contributed by atoms with E-state index in [1.807, 2.05) is 0 Å². The smallest absolute Gasteiger partial charge is 0.239 e. The molecule has 0 spiro atoms. The fourth-order valence-electron chi connectivity index (χ4n) is 1.94. The number of morpholine rings is 1. The normalized spacial score (nSPS) is 23.1. The molecule has 0 aromatic rings. The lowest BCUT2D eigenvalue weighted by molar-refractivity contribution is -0.137. The van der Waals surface area contributed by atoms with Crippen molar-refractivity contribution >= 4 is 5.91 Å². The zero-order valence-corrected chi connectivity index (χ0v) is 10.5. The number of hydrogen-bond donors (Lipinski definition) is 2. The quantitative estimate of drug-likeness (QED) is 0.688. The van der Waals surface area contributed by atoms with Crippen LogP contribution in [-0.2, 0) is 9.53 Å². The fourth-order valence-corrected chi connectivity index (χ4v) is 1.94. The minimum Gasteiger partial charge on any atom is -0.378 e. The molecule has 0 aromatic carbocycles. The van der Waals surface area contributed by atoms with Crippen LogP contribution < -0.4 is 11.1 Å². The highest BCUT2D eigenvalue weighted by Crippen LogP contribution is 2.19. The third-order valence-electron chi connectivity index (χ3n) is 2.74. The second-order valence-corrected chi connectivity index (χ2v) is 5.03. The first-order valence-electron chi connectivity index (χ1n) is 5.79. The van der Waals surface area contributed by atoms with Crippen molar-refractivity contribution in [3.63, 3.8) is 0 Å². The number of nitrogens with two attached hydrogens (primary N) is 1. The highest BCUT2D eigenvalue weighted by atomic mass is 16.5.